The third-order valence-corrected chi connectivity index (χ3v) is 11.9. The Balaban J connectivity index is 0.000000254. The number of carbonyl (C=O) groups is 5. The molecule has 6 rings (SSSR count). The summed E-state index contributed by atoms with van der Waals surface area (Å²) in [5.74, 6) is -0.171. The molecule has 0 radical (unpaired) electrons. The summed E-state index contributed by atoms with van der Waals surface area (Å²) in [6.07, 6.45) is 9.03. The van der Waals surface area contributed by atoms with Gasteiger partial charge in [0, 0.05) is 23.8 Å². The largest absolute Gasteiger partial charge is 0.480 e. The summed E-state index contributed by atoms with van der Waals surface area (Å²) >= 11 is 22.9. The Morgan fingerprint density at radius 3 is 2.23 bits per heavy atom. The van der Waals surface area contributed by atoms with E-state index in [1.165, 1.54) is 11.0 Å². The summed E-state index contributed by atoms with van der Waals surface area (Å²) in [7, 11) is -4.10. The molecule has 1 aliphatic carbocycles. The number of hydrogen-bond donors (Lipinski definition) is 4. The summed E-state index contributed by atoms with van der Waals surface area (Å²) in [5.41, 5.74) is 3.19. The number of rotatable bonds is 15. The number of terminal acetylenes is 1. The Kier molecular flexibility index (Phi) is 23.2. The number of hydrogen-bond acceptors (Lipinski definition) is 11. The van der Waals surface area contributed by atoms with Gasteiger partial charge in [-0.2, -0.15) is 0 Å². The fourth-order valence-corrected chi connectivity index (χ4v) is 8.09. The molecule has 1 fully saturated rings. The zero-order chi connectivity index (χ0) is 51.8. The minimum atomic E-state index is -4.10. The van der Waals surface area contributed by atoms with Crippen molar-refractivity contribution in [3.63, 3.8) is 0 Å². The summed E-state index contributed by atoms with van der Waals surface area (Å²) < 4.78 is 46.3. The van der Waals surface area contributed by atoms with Crippen LogP contribution in [0, 0.1) is 25.1 Å². The van der Waals surface area contributed by atoms with Crippen LogP contribution in [0.5, 0.6) is 5.75 Å². The van der Waals surface area contributed by atoms with Gasteiger partial charge in [0.05, 0.1) is 42.0 Å². The van der Waals surface area contributed by atoms with Crippen molar-refractivity contribution in [3.8, 4) is 18.1 Å². The van der Waals surface area contributed by atoms with Gasteiger partial charge in [0.2, 0.25) is 5.91 Å². The Morgan fingerprint density at radius 2 is 1.72 bits per heavy atom. The lowest BCUT2D eigenvalue weighted by atomic mass is 9.93. The minimum Gasteiger partial charge on any atom is -0.480 e. The number of amides is 4. The highest BCUT2D eigenvalue weighted by Crippen LogP contribution is 2.40. The highest BCUT2D eigenvalue weighted by Gasteiger charge is 2.45. The van der Waals surface area contributed by atoms with Crippen LogP contribution in [-0.4, -0.2) is 105 Å². The van der Waals surface area contributed by atoms with Crippen molar-refractivity contribution >= 4 is 95.0 Å². The first-order chi connectivity index (χ1) is 32.4. The van der Waals surface area contributed by atoms with E-state index in [0.29, 0.717) is 42.9 Å². The molecule has 3 heterocycles. The molecule has 0 spiro atoms. The van der Waals surface area contributed by atoms with Crippen molar-refractivity contribution in [1.29, 1.82) is 0 Å². The van der Waals surface area contributed by atoms with E-state index in [1.54, 1.807) is 38.0 Å². The second-order valence-corrected chi connectivity index (χ2v) is 19.2. The van der Waals surface area contributed by atoms with Crippen molar-refractivity contribution in [3.05, 3.63) is 87.6 Å². The zero-order valence-electron chi connectivity index (χ0n) is 38.8. The van der Waals surface area contributed by atoms with E-state index in [4.69, 9.17) is 86.3 Å². The van der Waals surface area contributed by atoms with Gasteiger partial charge < -0.3 is 38.4 Å². The predicted molar refractivity (Wildman–Crippen MR) is 260 cm³/mol. The maximum absolute atomic E-state index is 14.4. The topological polar surface area (TPSA) is 226 Å². The molecule has 1 saturated heterocycles. The number of imide groups is 1. The van der Waals surface area contributed by atoms with Gasteiger partial charge in [-0.25, -0.2) is 9.29 Å². The van der Waals surface area contributed by atoms with E-state index in [2.05, 4.69) is 18.2 Å². The van der Waals surface area contributed by atoms with E-state index in [-0.39, 0.29) is 47.0 Å². The lowest BCUT2D eigenvalue weighted by molar-refractivity contribution is -0.144. The second-order valence-electron chi connectivity index (χ2n) is 15.7. The van der Waals surface area contributed by atoms with Crippen molar-refractivity contribution in [2.75, 3.05) is 48.4 Å². The molecule has 17 nitrogen and oxygen atoms in total. The average Bonchev–Trinajstić information content (AvgIpc) is 4.01. The van der Waals surface area contributed by atoms with Crippen molar-refractivity contribution in [2.45, 2.75) is 96.4 Å². The van der Waals surface area contributed by atoms with Crippen LogP contribution in [-0.2, 0) is 44.4 Å². The molecule has 2 aromatic carbocycles. The Hall–Kier alpha value is -4.51. The first-order valence-electron chi connectivity index (χ1n) is 21.5. The van der Waals surface area contributed by atoms with Crippen LogP contribution in [0.15, 0.2) is 64.3 Å². The Morgan fingerprint density at radius 1 is 1.09 bits per heavy atom. The third-order valence-electron chi connectivity index (χ3n) is 10.3. The van der Waals surface area contributed by atoms with Crippen molar-refractivity contribution in [2.24, 2.45) is 0 Å². The monoisotopic (exact) mass is 1060 g/mol. The SMILES string of the molecule is C#CC(C)Oc1cc(N2C(=O)C3=C(CCCC3)C2=O)c(F)cc1Cl.CC1(C)OC(c2ccco2)CN1C(=O)C(Cl)Cl.CCOCN(C(=O)CCl)c1c(C)cccc1CC.O=C(O)CNCP(=O)(O)O. The molecule has 378 valence electrons. The van der Waals surface area contributed by atoms with Crippen molar-refractivity contribution in [1.82, 2.24) is 10.2 Å². The fourth-order valence-electron chi connectivity index (χ4n) is 7.11. The van der Waals surface area contributed by atoms with Crippen LogP contribution in [0.1, 0.15) is 83.3 Å². The van der Waals surface area contributed by atoms with E-state index in [1.807, 2.05) is 38.1 Å². The number of aryl methyl sites for hydroxylation is 2. The normalized spacial score (nSPS) is 16.6. The molecule has 3 aliphatic rings. The maximum Gasteiger partial charge on any atom is 0.339 e. The van der Waals surface area contributed by atoms with Gasteiger partial charge in [0.1, 0.15) is 41.8 Å². The molecular weight excluding hydrogens is 1010 g/mol. The van der Waals surface area contributed by atoms with Crippen LogP contribution < -0.4 is 19.9 Å². The van der Waals surface area contributed by atoms with Crippen LogP contribution in [0.3, 0.4) is 0 Å². The maximum atomic E-state index is 14.4. The summed E-state index contributed by atoms with van der Waals surface area (Å²) in [6, 6.07) is 11.9. The number of aliphatic carboxylic acids is 1. The van der Waals surface area contributed by atoms with E-state index < -0.39 is 60.7 Å². The zero-order valence-corrected chi connectivity index (χ0v) is 42.7. The number of para-hydroxylation sites is 1. The van der Waals surface area contributed by atoms with Gasteiger partial charge in [0.25, 0.3) is 17.7 Å². The molecule has 1 aromatic heterocycles. The number of nitrogens with zero attached hydrogens (tertiary/aromatic N) is 3. The van der Waals surface area contributed by atoms with Crippen LogP contribution in [0.2, 0.25) is 5.02 Å². The first kappa shape index (κ1) is 58.8. The molecule has 69 heavy (non-hydrogen) atoms. The van der Waals surface area contributed by atoms with Crippen LogP contribution >= 0.6 is 54.0 Å². The van der Waals surface area contributed by atoms with Gasteiger partial charge in [0.15, 0.2) is 10.9 Å². The third kappa shape index (κ3) is 16.8. The molecule has 0 bridgehead atoms. The standard InChI is InChI=1S/C18H15ClFNO3.C14H20ClNO2.C11H13Cl2NO3.C3H8NO5P/c1-3-10(2)24-16-9-15(14(20)8-13(16)19)21-17(22)11-6-4-5-7-12(11)18(21)23;1-4-12-8-6-7-11(3)14(12)16(10-18-5-2)13(17)9-15;1-11(2)14(10(15)9(12)13)6-8(17-11)7-4-3-5-16-7;5-3(6)1-4-2-10(7,8)9/h1,8-10H,4-7H2,2H3;6-8H,4-5,9-10H2,1-3H3;3-5,8-9H,6H2,1-2H3;4H,1-2H2,(H,5,6)(H2,7,8,9). The number of anilines is 2. The smallest absolute Gasteiger partial charge is 0.339 e. The Labute approximate surface area is 420 Å². The Bertz CT molecular complexity index is 2380. The number of carbonyl (C=O) groups excluding carboxylic acids is 4. The molecule has 3 aromatic rings. The average molecular weight is 1060 g/mol. The predicted octanol–water partition coefficient (Wildman–Crippen LogP) is 8.26. The molecule has 4 amide bonds. The quantitative estimate of drug-likeness (QED) is 0.0370. The second kappa shape index (κ2) is 27.2. The van der Waals surface area contributed by atoms with E-state index >= 15 is 0 Å². The lowest BCUT2D eigenvalue weighted by Gasteiger charge is -2.29. The molecule has 4 N–H and O–H groups in total. The van der Waals surface area contributed by atoms with Gasteiger partial charge in [-0.15, -0.1) is 18.0 Å². The fraction of sp³-hybridized carbons (Fsp3) is 0.457. The minimum absolute atomic E-state index is 0.0233. The van der Waals surface area contributed by atoms with E-state index in [0.717, 1.165) is 47.0 Å². The summed E-state index contributed by atoms with van der Waals surface area (Å²) in [4.78, 5) is 78.0. The van der Waals surface area contributed by atoms with Crippen LogP contribution in [0.25, 0.3) is 0 Å². The van der Waals surface area contributed by atoms with Gasteiger partial charge in [-0.05, 0) is 96.0 Å². The molecule has 2 atom stereocenters. The van der Waals surface area contributed by atoms with Crippen molar-refractivity contribution < 1.29 is 66.4 Å². The molecule has 0 saturated carbocycles. The van der Waals surface area contributed by atoms with E-state index in [9.17, 15) is 32.9 Å². The van der Waals surface area contributed by atoms with Crippen LogP contribution in [0.4, 0.5) is 15.8 Å². The number of nitrogens with one attached hydrogen (secondary N) is 1. The highest BCUT2D eigenvalue weighted by atomic mass is 35.5. The number of carboxylic acids is 1. The number of benzene rings is 2. The number of carboxylic acid groups (broad SMARTS) is 1. The lowest BCUT2D eigenvalue weighted by Crippen LogP contribution is -2.45. The number of halogens is 5. The molecule has 2 unspecified atom stereocenters. The van der Waals surface area contributed by atoms with Gasteiger partial charge in [-0.1, -0.05) is 65.8 Å². The summed E-state index contributed by atoms with van der Waals surface area (Å²) in [6.45, 7) is 12.0. The first-order valence-corrected chi connectivity index (χ1v) is 25.0. The van der Waals surface area contributed by atoms with Gasteiger partial charge >= 0.3 is 13.6 Å². The number of ether oxygens (including phenoxy) is 3. The highest BCUT2D eigenvalue weighted by molar-refractivity contribution is 7.51. The molecular formula is C46H56Cl4FN4O13P. The number of furan rings is 1. The summed E-state index contributed by atoms with van der Waals surface area (Å²) in [5, 5.41) is 10.1. The molecule has 23 heteroatoms. The number of alkyl halides is 3. The molecule has 2 aliphatic heterocycles. The van der Waals surface area contributed by atoms with Gasteiger partial charge in [-0.3, -0.25) is 38.8 Å².